The highest BCUT2D eigenvalue weighted by Gasteiger charge is 2.13. The van der Waals surface area contributed by atoms with E-state index in [0.717, 1.165) is 0 Å². The number of carbonyl (C=O) groups excluding carboxylic acids is 1. The fourth-order valence-corrected chi connectivity index (χ4v) is 2.47. The third kappa shape index (κ3) is 2.70. The minimum absolute atomic E-state index is 0.293. The summed E-state index contributed by atoms with van der Waals surface area (Å²) in [6, 6.07) is 12.1. The summed E-state index contributed by atoms with van der Waals surface area (Å²) in [5.41, 5.74) is 2.12. The molecule has 0 saturated heterocycles. The van der Waals surface area contributed by atoms with Gasteiger partial charge in [-0.1, -0.05) is 12.1 Å². The van der Waals surface area contributed by atoms with Gasteiger partial charge in [-0.15, -0.1) is 0 Å². The third-order valence-electron chi connectivity index (χ3n) is 3.59. The van der Waals surface area contributed by atoms with Crippen molar-refractivity contribution in [2.24, 2.45) is 0 Å². The Bertz CT molecular complexity index is 924. The molecule has 0 saturated carbocycles. The maximum atomic E-state index is 12.4. The average molecular weight is 312 g/mol. The molecule has 1 N–H and O–H groups in total. The number of benzene rings is 2. The molecule has 1 amide bonds. The Morgan fingerprint density at radius 1 is 1.26 bits per heavy atom. The molecule has 0 aliphatic heterocycles. The van der Waals surface area contributed by atoms with Crippen molar-refractivity contribution >= 4 is 22.7 Å². The van der Waals surface area contributed by atoms with Gasteiger partial charge in [-0.05, 0) is 31.2 Å². The summed E-state index contributed by atoms with van der Waals surface area (Å²) in [6.07, 6.45) is 0. The molecule has 1 aromatic heterocycles. The number of amides is 1. The number of hydrogen-bond donors (Lipinski definition) is 1. The summed E-state index contributed by atoms with van der Waals surface area (Å²) in [6.45, 7) is 2.40. The van der Waals surface area contributed by atoms with E-state index < -0.39 is 5.76 Å². The zero-order valence-electron chi connectivity index (χ0n) is 12.8. The van der Waals surface area contributed by atoms with Crippen LogP contribution in [0.2, 0.25) is 0 Å². The van der Waals surface area contributed by atoms with Crippen molar-refractivity contribution in [3.63, 3.8) is 0 Å². The Kier molecular flexibility index (Phi) is 3.89. The van der Waals surface area contributed by atoms with E-state index in [4.69, 9.17) is 9.15 Å². The maximum absolute atomic E-state index is 12.4. The number of aromatic nitrogens is 1. The number of aryl methyl sites for hydroxylation is 1. The molecule has 0 unspecified atom stereocenters. The largest absolute Gasteiger partial charge is 0.496 e. The average Bonchev–Trinajstić information content (AvgIpc) is 2.88. The molecule has 3 aromatic rings. The van der Waals surface area contributed by atoms with Gasteiger partial charge in [0.1, 0.15) is 5.75 Å². The predicted octanol–water partition coefficient (Wildman–Crippen LogP) is 2.88. The van der Waals surface area contributed by atoms with Gasteiger partial charge in [0.15, 0.2) is 5.58 Å². The van der Waals surface area contributed by atoms with Gasteiger partial charge in [-0.2, -0.15) is 0 Å². The number of ether oxygens (including phenoxy) is 1. The molecule has 6 nitrogen and oxygen atoms in total. The molecule has 3 rings (SSSR count). The van der Waals surface area contributed by atoms with Crippen molar-refractivity contribution in [1.82, 2.24) is 4.57 Å². The topological polar surface area (TPSA) is 73.5 Å². The minimum Gasteiger partial charge on any atom is -0.496 e. The number of nitrogens with one attached hydrogen (secondary N) is 1. The Balaban J connectivity index is 1.92. The van der Waals surface area contributed by atoms with Crippen molar-refractivity contribution < 1.29 is 13.9 Å². The lowest BCUT2D eigenvalue weighted by molar-refractivity contribution is 0.102. The van der Waals surface area contributed by atoms with E-state index in [2.05, 4.69) is 5.32 Å². The molecule has 0 radical (unpaired) electrons. The summed E-state index contributed by atoms with van der Waals surface area (Å²) in [5, 5.41) is 2.78. The lowest BCUT2D eigenvalue weighted by Crippen LogP contribution is -2.13. The first-order valence-electron chi connectivity index (χ1n) is 7.21. The number of rotatable bonds is 4. The minimum atomic E-state index is -0.407. The van der Waals surface area contributed by atoms with Crippen molar-refractivity contribution in [2.75, 3.05) is 12.4 Å². The van der Waals surface area contributed by atoms with Crippen molar-refractivity contribution in [3.8, 4) is 5.75 Å². The summed E-state index contributed by atoms with van der Waals surface area (Å²) < 4.78 is 11.9. The Labute approximate surface area is 132 Å². The number of oxazole rings is 1. The first-order chi connectivity index (χ1) is 11.1. The molecule has 0 spiro atoms. The molecule has 0 aliphatic rings. The SMILES string of the molecule is CCn1c(=O)oc2cc(NC(=O)c3ccccc3OC)ccc21. The number of anilines is 1. The third-order valence-corrected chi connectivity index (χ3v) is 3.59. The van der Waals surface area contributed by atoms with Crippen LogP contribution in [0.25, 0.3) is 11.1 Å². The molecule has 23 heavy (non-hydrogen) atoms. The number of nitrogens with zero attached hydrogens (tertiary/aromatic N) is 1. The van der Waals surface area contributed by atoms with Gasteiger partial charge >= 0.3 is 5.76 Å². The molecule has 0 bridgehead atoms. The van der Waals surface area contributed by atoms with E-state index >= 15 is 0 Å². The van der Waals surface area contributed by atoms with E-state index in [0.29, 0.717) is 34.6 Å². The van der Waals surface area contributed by atoms with Crippen LogP contribution in [0.1, 0.15) is 17.3 Å². The predicted molar refractivity (Wildman–Crippen MR) is 87.1 cm³/mol. The van der Waals surface area contributed by atoms with Crippen LogP contribution in [0.4, 0.5) is 5.69 Å². The highest BCUT2D eigenvalue weighted by Crippen LogP contribution is 2.22. The normalized spacial score (nSPS) is 10.7. The molecule has 0 atom stereocenters. The second kappa shape index (κ2) is 6.00. The fourth-order valence-electron chi connectivity index (χ4n) is 2.47. The van der Waals surface area contributed by atoms with Crippen molar-refractivity contribution in [1.29, 1.82) is 0 Å². The molecule has 0 aliphatic carbocycles. The number of para-hydroxylation sites is 1. The fraction of sp³-hybridized carbons (Fsp3) is 0.176. The summed E-state index contributed by atoms with van der Waals surface area (Å²) in [4.78, 5) is 24.1. The van der Waals surface area contributed by atoms with Crippen molar-refractivity contribution in [2.45, 2.75) is 13.5 Å². The second-order valence-corrected chi connectivity index (χ2v) is 4.95. The lowest BCUT2D eigenvalue weighted by Gasteiger charge is -2.09. The lowest BCUT2D eigenvalue weighted by atomic mass is 10.2. The quantitative estimate of drug-likeness (QED) is 0.804. The van der Waals surface area contributed by atoms with Gasteiger partial charge in [-0.3, -0.25) is 9.36 Å². The van der Waals surface area contributed by atoms with E-state index in [1.807, 2.05) is 6.92 Å². The zero-order chi connectivity index (χ0) is 16.4. The summed E-state index contributed by atoms with van der Waals surface area (Å²) in [5.74, 6) is -0.204. The van der Waals surface area contributed by atoms with Gasteiger partial charge in [0.05, 0.1) is 18.2 Å². The van der Waals surface area contributed by atoms with Crippen LogP contribution >= 0.6 is 0 Å². The second-order valence-electron chi connectivity index (χ2n) is 4.95. The van der Waals surface area contributed by atoms with Gasteiger partial charge in [0.25, 0.3) is 5.91 Å². The standard InChI is InChI=1S/C17H16N2O4/c1-3-19-13-9-8-11(10-15(13)23-17(19)21)18-16(20)12-6-4-5-7-14(12)22-2/h4-10H,3H2,1-2H3,(H,18,20). The highest BCUT2D eigenvalue weighted by atomic mass is 16.5. The van der Waals surface area contributed by atoms with E-state index in [9.17, 15) is 9.59 Å². The Morgan fingerprint density at radius 2 is 2.04 bits per heavy atom. The summed E-state index contributed by atoms with van der Waals surface area (Å²) >= 11 is 0. The molecular formula is C17H16N2O4. The molecule has 0 fully saturated rings. The van der Waals surface area contributed by atoms with Gasteiger partial charge in [0.2, 0.25) is 0 Å². The number of methoxy groups -OCH3 is 1. The van der Waals surface area contributed by atoms with Crippen LogP contribution < -0.4 is 15.8 Å². The van der Waals surface area contributed by atoms with Gasteiger partial charge in [-0.25, -0.2) is 4.79 Å². The first-order valence-corrected chi connectivity index (χ1v) is 7.21. The maximum Gasteiger partial charge on any atom is 0.419 e. The van der Waals surface area contributed by atoms with Crippen LogP contribution in [0.3, 0.4) is 0 Å². The van der Waals surface area contributed by atoms with Gasteiger partial charge in [0, 0.05) is 18.3 Å². The van der Waals surface area contributed by atoms with Crippen LogP contribution in [0, 0.1) is 0 Å². The van der Waals surface area contributed by atoms with Crippen LogP contribution in [-0.4, -0.2) is 17.6 Å². The van der Waals surface area contributed by atoms with Crippen LogP contribution in [0.5, 0.6) is 5.75 Å². The number of carbonyl (C=O) groups is 1. The van der Waals surface area contributed by atoms with Crippen molar-refractivity contribution in [3.05, 3.63) is 58.6 Å². The van der Waals surface area contributed by atoms with E-state index in [1.165, 1.54) is 11.7 Å². The number of hydrogen-bond acceptors (Lipinski definition) is 4. The molecular weight excluding hydrogens is 296 g/mol. The zero-order valence-corrected chi connectivity index (χ0v) is 12.8. The summed E-state index contributed by atoms with van der Waals surface area (Å²) in [7, 11) is 1.51. The van der Waals surface area contributed by atoms with E-state index in [-0.39, 0.29) is 5.91 Å². The smallest absolute Gasteiger partial charge is 0.419 e. The van der Waals surface area contributed by atoms with E-state index in [1.54, 1.807) is 42.5 Å². The Hall–Kier alpha value is -3.02. The molecule has 2 aromatic carbocycles. The molecule has 118 valence electrons. The molecule has 1 heterocycles. The van der Waals surface area contributed by atoms with Gasteiger partial charge < -0.3 is 14.5 Å². The van der Waals surface area contributed by atoms with Crippen LogP contribution in [-0.2, 0) is 6.54 Å². The number of fused-ring (bicyclic) bond motifs is 1. The monoisotopic (exact) mass is 312 g/mol. The Morgan fingerprint density at radius 3 is 2.78 bits per heavy atom. The first kappa shape index (κ1) is 14.9. The van der Waals surface area contributed by atoms with Crippen LogP contribution in [0.15, 0.2) is 51.7 Å². The molecule has 6 heteroatoms. The highest BCUT2D eigenvalue weighted by molar-refractivity contribution is 6.06.